The molecule has 0 radical (unpaired) electrons. The van der Waals surface area contributed by atoms with Gasteiger partial charge in [-0.15, -0.1) is 10.3 Å². The fraction of sp³-hybridized carbons (Fsp3) is 0.0833. The lowest BCUT2D eigenvalue weighted by Crippen LogP contribution is -2.37. The van der Waals surface area contributed by atoms with Gasteiger partial charge in [0.05, 0.1) is 14.2 Å². The monoisotopic (exact) mass is 430 g/mol. The van der Waals surface area contributed by atoms with Crippen LogP contribution in [0.4, 0.5) is 15.3 Å². The van der Waals surface area contributed by atoms with Crippen molar-refractivity contribution < 1.29 is 28.5 Å². The number of urea groups is 2. The number of para-hydroxylation sites is 1. The Bertz CT molecular complexity index is 1200. The van der Waals surface area contributed by atoms with Gasteiger partial charge in [0.25, 0.3) is 0 Å². The van der Waals surface area contributed by atoms with Crippen molar-refractivity contribution in [2.24, 2.45) is 0 Å². The molecule has 3 aromatic rings. The fourth-order valence-corrected chi connectivity index (χ4v) is 3.33. The number of amides is 4. The van der Waals surface area contributed by atoms with Crippen molar-refractivity contribution in [1.82, 2.24) is 5.43 Å². The molecule has 1 N–H and O–H groups in total. The van der Waals surface area contributed by atoms with Crippen LogP contribution in [0, 0.1) is 0 Å². The van der Waals surface area contributed by atoms with Gasteiger partial charge in [0.15, 0.2) is 0 Å². The minimum atomic E-state index is -0.686. The van der Waals surface area contributed by atoms with Crippen LogP contribution in [0.5, 0.6) is 11.5 Å². The van der Waals surface area contributed by atoms with E-state index >= 15 is 0 Å². The quantitative estimate of drug-likeness (QED) is 0.476. The van der Waals surface area contributed by atoms with E-state index in [0.717, 1.165) is 9.58 Å². The summed E-state index contributed by atoms with van der Waals surface area (Å²) in [4.78, 5) is 40.4. The van der Waals surface area contributed by atoms with Gasteiger partial charge < -0.3 is 9.47 Å². The lowest BCUT2D eigenvalue weighted by molar-refractivity contribution is -0.462. The van der Waals surface area contributed by atoms with Crippen molar-refractivity contribution in [3.05, 3.63) is 90.0 Å². The number of hydrogen-bond acceptors (Lipinski definition) is 5. The van der Waals surface area contributed by atoms with Crippen molar-refractivity contribution in [1.29, 1.82) is 0 Å². The number of benzene rings is 3. The summed E-state index contributed by atoms with van der Waals surface area (Å²) < 4.78 is 11.3. The lowest BCUT2D eigenvalue weighted by atomic mass is 10.00. The lowest BCUT2D eigenvalue weighted by Gasteiger charge is -2.08. The Balaban J connectivity index is 1.84. The van der Waals surface area contributed by atoms with Crippen LogP contribution in [-0.4, -0.2) is 42.5 Å². The largest absolute Gasteiger partial charge is 0.532 e. The summed E-state index contributed by atoms with van der Waals surface area (Å²) in [6, 6.07) is 20.3. The van der Waals surface area contributed by atoms with Crippen LogP contribution in [-0.2, 0) is 0 Å². The van der Waals surface area contributed by atoms with Crippen molar-refractivity contribution in [3.8, 4) is 11.5 Å². The van der Waals surface area contributed by atoms with Crippen LogP contribution >= 0.6 is 0 Å². The number of carbonyl (C=O) groups excluding carboxylic acids is 3. The van der Waals surface area contributed by atoms with E-state index in [0.29, 0.717) is 28.3 Å². The molecular formula is C24H20N3O5+. The number of ketones is 1. The number of carbonyl (C=O) groups is 3. The molecule has 0 aliphatic carbocycles. The second-order valence-corrected chi connectivity index (χ2v) is 6.84. The smallest absolute Gasteiger partial charge is 0.497 e. The highest BCUT2D eigenvalue weighted by molar-refractivity contribution is 6.50. The Morgan fingerprint density at radius 3 is 1.84 bits per heavy atom. The highest BCUT2D eigenvalue weighted by Crippen LogP contribution is 2.21. The first kappa shape index (κ1) is 20.8. The van der Waals surface area contributed by atoms with Crippen LogP contribution in [0.15, 0.2) is 78.9 Å². The van der Waals surface area contributed by atoms with Gasteiger partial charge in [0.2, 0.25) is 11.5 Å². The van der Waals surface area contributed by atoms with Gasteiger partial charge in [-0.1, -0.05) is 22.9 Å². The number of hydrogen-bond donors (Lipinski definition) is 1. The number of hydrazone groups is 1. The first-order chi connectivity index (χ1) is 15.5. The third kappa shape index (κ3) is 3.81. The van der Waals surface area contributed by atoms with Gasteiger partial charge in [-0.2, -0.15) is 4.79 Å². The summed E-state index contributed by atoms with van der Waals surface area (Å²) in [5, 5.41) is 0. The molecule has 1 heterocycles. The van der Waals surface area contributed by atoms with Gasteiger partial charge in [0.1, 0.15) is 17.2 Å². The van der Waals surface area contributed by atoms with Crippen LogP contribution in [0.1, 0.15) is 15.9 Å². The molecule has 0 spiro atoms. The summed E-state index contributed by atoms with van der Waals surface area (Å²) in [6.07, 6.45) is 0. The Kier molecular flexibility index (Phi) is 5.67. The molecule has 0 aromatic heterocycles. The maximum absolute atomic E-state index is 13.5. The van der Waals surface area contributed by atoms with Gasteiger partial charge in [-0.25, -0.2) is 4.79 Å². The summed E-state index contributed by atoms with van der Waals surface area (Å²) in [7, 11) is 3.06. The average molecular weight is 430 g/mol. The van der Waals surface area contributed by atoms with Crippen molar-refractivity contribution in [2.75, 3.05) is 19.1 Å². The van der Waals surface area contributed by atoms with E-state index in [1.54, 1.807) is 78.9 Å². The van der Waals surface area contributed by atoms with Crippen molar-refractivity contribution >= 4 is 29.2 Å². The van der Waals surface area contributed by atoms with E-state index in [1.807, 2.05) is 0 Å². The molecule has 1 aliphatic heterocycles. The molecular weight excluding hydrogens is 410 g/mol. The SMILES string of the molecule is COc1ccc(C(=O)/C(c2ccc(OC)cc2)=[N+]2\NC(=O)N(c3ccccc3)C2=O)cc1. The predicted molar refractivity (Wildman–Crippen MR) is 118 cm³/mol. The predicted octanol–water partition coefficient (Wildman–Crippen LogP) is 3.65. The molecule has 0 bridgehead atoms. The molecule has 0 atom stereocenters. The van der Waals surface area contributed by atoms with Crippen LogP contribution < -0.4 is 19.8 Å². The second kappa shape index (κ2) is 8.73. The fourth-order valence-electron chi connectivity index (χ4n) is 3.33. The second-order valence-electron chi connectivity index (χ2n) is 6.84. The van der Waals surface area contributed by atoms with E-state index in [-0.39, 0.29) is 5.71 Å². The molecule has 0 saturated carbocycles. The number of ether oxygens (including phenoxy) is 2. The first-order valence-corrected chi connectivity index (χ1v) is 9.73. The van der Waals surface area contributed by atoms with Gasteiger partial charge >= 0.3 is 12.1 Å². The molecule has 1 saturated heterocycles. The maximum atomic E-state index is 13.5. The number of methoxy groups -OCH3 is 2. The van der Waals surface area contributed by atoms with E-state index < -0.39 is 17.8 Å². The zero-order valence-corrected chi connectivity index (χ0v) is 17.4. The molecule has 8 heteroatoms. The zero-order chi connectivity index (χ0) is 22.7. The summed E-state index contributed by atoms with van der Waals surface area (Å²) in [5.74, 6) is 0.738. The minimum absolute atomic E-state index is 0.00889. The van der Waals surface area contributed by atoms with Crippen LogP contribution in [0.2, 0.25) is 0 Å². The standard InChI is InChI=1S/C24H19N3O5/c1-31-19-12-8-16(9-13-19)21(22(28)17-10-14-20(32-2)15-11-17)27-24(30)26(23(29)25-27)18-6-4-3-5-7-18/h3-15H,1-2H3/p+1. The Morgan fingerprint density at radius 1 is 0.781 bits per heavy atom. The van der Waals surface area contributed by atoms with E-state index in [1.165, 1.54) is 14.2 Å². The topological polar surface area (TPSA) is 87.9 Å². The minimum Gasteiger partial charge on any atom is -0.497 e. The number of nitrogens with one attached hydrogen (secondary N) is 1. The molecule has 32 heavy (non-hydrogen) atoms. The van der Waals surface area contributed by atoms with Crippen LogP contribution in [0.3, 0.4) is 0 Å². The van der Waals surface area contributed by atoms with Gasteiger partial charge in [-0.05, 0) is 60.7 Å². The van der Waals surface area contributed by atoms with E-state index in [9.17, 15) is 14.4 Å². The molecule has 160 valence electrons. The normalized spacial score (nSPS) is 14.8. The third-order valence-electron chi connectivity index (χ3n) is 4.96. The van der Waals surface area contributed by atoms with Gasteiger partial charge in [0, 0.05) is 11.1 Å². The molecule has 4 amide bonds. The molecule has 3 aromatic carbocycles. The Morgan fingerprint density at radius 2 is 1.31 bits per heavy atom. The number of Topliss-reactive ketones (excluding diaryl/α,β-unsaturated/α-hetero) is 1. The Hall–Kier alpha value is -4.46. The summed E-state index contributed by atoms with van der Waals surface area (Å²) in [5.41, 5.74) is 3.68. The van der Waals surface area contributed by atoms with Crippen molar-refractivity contribution in [2.45, 2.75) is 0 Å². The molecule has 4 rings (SSSR count). The van der Waals surface area contributed by atoms with E-state index in [4.69, 9.17) is 9.47 Å². The highest BCUT2D eigenvalue weighted by Gasteiger charge is 2.47. The number of nitrogens with zero attached hydrogens (tertiary/aromatic N) is 2. The maximum Gasteiger partial charge on any atom is 0.532 e. The zero-order valence-electron chi connectivity index (χ0n) is 17.4. The first-order valence-electron chi connectivity index (χ1n) is 9.73. The molecule has 1 fully saturated rings. The number of rotatable bonds is 6. The number of imide groups is 1. The summed E-state index contributed by atoms with van der Waals surface area (Å²) >= 11 is 0. The third-order valence-corrected chi connectivity index (χ3v) is 4.96. The molecule has 1 aliphatic rings. The van der Waals surface area contributed by atoms with Crippen LogP contribution in [0.25, 0.3) is 0 Å². The highest BCUT2D eigenvalue weighted by atomic mass is 16.5. The van der Waals surface area contributed by atoms with E-state index in [2.05, 4.69) is 5.43 Å². The van der Waals surface area contributed by atoms with Gasteiger partial charge in [-0.3, -0.25) is 4.79 Å². The van der Waals surface area contributed by atoms with Crippen molar-refractivity contribution in [3.63, 3.8) is 0 Å². The Labute approximate surface area is 184 Å². The molecule has 0 unspecified atom stereocenters. The summed E-state index contributed by atoms with van der Waals surface area (Å²) in [6.45, 7) is 0. The molecule has 8 nitrogen and oxygen atoms in total. The number of hydrazine groups is 1. The number of anilines is 1. The average Bonchev–Trinajstić information content (AvgIpc) is 3.13.